The Morgan fingerprint density at radius 3 is 2.52 bits per heavy atom. The predicted molar refractivity (Wildman–Crippen MR) is 95.3 cm³/mol. The number of hydrogen-bond acceptors (Lipinski definition) is 5. The topological polar surface area (TPSA) is 118 Å². The summed E-state index contributed by atoms with van der Waals surface area (Å²) in [6.45, 7) is 7.48. The van der Waals surface area contributed by atoms with E-state index in [1.165, 1.54) is 12.1 Å². The number of benzene rings is 1. The van der Waals surface area contributed by atoms with E-state index in [0.29, 0.717) is 11.1 Å². The number of H-pyrrole nitrogens is 1. The van der Waals surface area contributed by atoms with Gasteiger partial charge in [0.05, 0.1) is 4.92 Å². The van der Waals surface area contributed by atoms with Crippen molar-refractivity contribution < 1.29 is 13.3 Å². The van der Waals surface area contributed by atoms with Gasteiger partial charge in [-0.3, -0.25) is 19.9 Å². The normalized spacial score (nSPS) is 12.8. The van der Waals surface area contributed by atoms with E-state index >= 15 is 0 Å². The number of anilines is 1. The molecule has 0 aliphatic carbocycles. The van der Waals surface area contributed by atoms with Crippen LogP contribution in [0.3, 0.4) is 0 Å². The number of nitro benzene ring substituents is 1. The van der Waals surface area contributed by atoms with Gasteiger partial charge in [-0.05, 0) is 43.4 Å². The largest absolute Gasteiger partial charge is 0.290 e. The molecule has 0 fully saturated rings. The predicted octanol–water partition coefficient (Wildman–Crippen LogP) is 3.64. The van der Waals surface area contributed by atoms with Gasteiger partial charge in [0.2, 0.25) is 0 Å². The van der Waals surface area contributed by atoms with Crippen molar-refractivity contribution in [3.63, 3.8) is 0 Å². The van der Waals surface area contributed by atoms with Gasteiger partial charge in [0.15, 0.2) is 10.7 Å². The van der Waals surface area contributed by atoms with Gasteiger partial charge in [-0.25, -0.2) is 8.42 Å². The first-order valence-electron chi connectivity index (χ1n) is 7.99. The summed E-state index contributed by atoms with van der Waals surface area (Å²) in [5.74, 6) is 0.331. The van der Waals surface area contributed by atoms with Gasteiger partial charge in [-0.15, -0.1) is 0 Å². The number of sulfonamides is 1. The molecule has 1 heterocycles. The summed E-state index contributed by atoms with van der Waals surface area (Å²) in [5.41, 5.74) is 1.67. The second-order valence-corrected chi connectivity index (χ2v) is 7.82. The van der Waals surface area contributed by atoms with Crippen molar-refractivity contribution in [2.45, 2.75) is 51.3 Å². The third kappa shape index (κ3) is 4.16. The minimum Gasteiger partial charge on any atom is -0.280 e. The fourth-order valence-corrected chi connectivity index (χ4v) is 3.79. The molecule has 25 heavy (non-hydrogen) atoms. The molecule has 9 heteroatoms. The lowest BCUT2D eigenvalue weighted by atomic mass is 10.0. The van der Waals surface area contributed by atoms with Crippen molar-refractivity contribution in [3.8, 4) is 0 Å². The molecule has 1 aromatic carbocycles. The molecule has 136 valence electrons. The summed E-state index contributed by atoms with van der Waals surface area (Å²) in [5, 5.41) is 18.0. The van der Waals surface area contributed by atoms with Crippen molar-refractivity contribution >= 4 is 21.5 Å². The number of nitrogens with one attached hydrogen (secondary N) is 2. The van der Waals surface area contributed by atoms with Gasteiger partial charge < -0.3 is 0 Å². The molecule has 0 aliphatic heterocycles. The van der Waals surface area contributed by atoms with Gasteiger partial charge in [0, 0.05) is 17.8 Å². The second-order valence-electron chi connectivity index (χ2n) is 6.17. The molecule has 0 saturated carbocycles. The molecule has 0 saturated heterocycles. The highest BCUT2D eigenvalue weighted by molar-refractivity contribution is 7.92. The fraction of sp³-hybridized carbons (Fsp3) is 0.438. The van der Waals surface area contributed by atoms with Crippen molar-refractivity contribution in [1.29, 1.82) is 0 Å². The lowest BCUT2D eigenvalue weighted by Crippen LogP contribution is -2.15. The summed E-state index contributed by atoms with van der Waals surface area (Å²) in [6, 6.07) is 4.19. The Morgan fingerprint density at radius 2 is 1.92 bits per heavy atom. The van der Waals surface area contributed by atoms with E-state index in [4.69, 9.17) is 0 Å². The van der Waals surface area contributed by atoms with Crippen LogP contribution in [0.4, 0.5) is 11.5 Å². The molecule has 2 rings (SSSR count). The zero-order valence-electron chi connectivity index (χ0n) is 14.7. The Balaban J connectivity index is 2.37. The van der Waals surface area contributed by atoms with Gasteiger partial charge in [0.25, 0.3) is 15.7 Å². The van der Waals surface area contributed by atoms with Gasteiger partial charge in [-0.1, -0.05) is 20.3 Å². The third-order valence-corrected chi connectivity index (χ3v) is 5.53. The zero-order chi connectivity index (χ0) is 18.8. The maximum Gasteiger partial charge on any atom is 0.290 e. The minimum absolute atomic E-state index is 0.116. The number of aromatic amines is 1. The lowest BCUT2D eigenvalue weighted by Gasteiger charge is -2.09. The van der Waals surface area contributed by atoms with Crippen LogP contribution in [0.1, 0.15) is 49.4 Å². The molecule has 0 aliphatic rings. The Kier molecular flexibility index (Phi) is 5.46. The summed E-state index contributed by atoms with van der Waals surface area (Å²) in [6.07, 6.45) is 1.94. The monoisotopic (exact) mass is 366 g/mol. The highest BCUT2D eigenvalue weighted by Crippen LogP contribution is 2.29. The van der Waals surface area contributed by atoms with E-state index in [9.17, 15) is 18.5 Å². The molecule has 0 radical (unpaired) electrons. The van der Waals surface area contributed by atoms with E-state index in [2.05, 4.69) is 21.8 Å². The summed E-state index contributed by atoms with van der Waals surface area (Å²) in [7, 11) is -4.13. The van der Waals surface area contributed by atoms with Crippen LogP contribution in [0.5, 0.6) is 0 Å². The van der Waals surface area contributed by atoms with Crippen LogP contribution < -0.4 is 4.72 Å². The first-order chi connectivity index (χ1) is 11.7. The Morgan fingerprint density at radius 1 is 1.28 bits per heavy atom. The molecule has 1 unspecified atom stereocenters. The maximum absolute atomic E-state index is 12.6. The average molecular weight is 366 g/mol. The number of rotatable bonds is 7. The maximum atomic E-state index is 12.6. The summed E-state index contributed by atoms with van der Waals surface area (Å²) >= 11 is 0. The van der Waals surface area contributed by atoms with Crippen molar-refractivity contribution in [3.05, 3.63) is 45.1 Å². The van der Waals surface area contributed by atoms with Gasteiger partial charge >= 0.3 is 0 Å². The van der Waals surface area contributed by atoms with Gasteiger partial charge in [-0.2, -0.15) is 5.10 Å². The number of hydrogen-bond donors (Lipinski definition) is 2. The van der Waals surface area contributed by atoms with Crippen molar-refractivity contribution in [2.24, 2.45) is 0 Å². The molecule has 0 spiro atoms. The van der Waals surface area contributed by atoms with Crippen LogP contribution in [0, 0.1) is 24.0 Å². The lowest BCUT2D eigenvalue weighted by molar-refractivity contribution is -0.387. The first-order valence-corrected chi connectivity index (χ1v) is 9.47. The highest BCUT2D eigenvalue weighted by Gasteiger charge is 2.27. The van der Waals surface area contributed by atoms with E-state index < -0.39 is 20.6 Å². The second kappa shape index (κ2) is 7.22. The van der Waals surface area contributed by atoms with E-state index in [1.54, 1.807) is 19.9 Å². The number of nitro groups is 1. The molecule has 1 atom stereocenters. The molecule has 2 aromatic rings. The molecular formula is C16H22N4O4S. The highest BCUT2D eigenvalue weighted by atomic mass is 32.2. The Bertz CT molecular complexity index is 890. The standard InChI is InChI=1S/C16H22N4O4S/c1-5-6-10(2)13-9-16(18-17-13)19-25(23,24)15-8-12(4)11(3)7-14(15)20(21)22/h7-10H,5-6H2,1-4H3,(H2,17,18,19). The molecular weight excluding hydrogens is 344 g/mol. The number of nitrogens with zero attached hydrogens (tertiary/aromatic N) is 2. The number of aromatic nitrogens is 2. The minimum atomic E-state index is -4.13. The summed E-state index contributed by atoms with van der Waals surface area (Å²) in [4.78, 5) is 10.2. The molecule has 1 aromatic heterocycles. The molecule has 2 N–H and O–H groups in total. The van der Waals surface area contributed by atoms with Crippen LogP contribution in [-0.4, -0.2) is 23.5 Å². The van der Waals surface area contributed by atoms with Crippen LogP contribution >= 0.6 is 0 Å². The Hall–Kier alpha value is -2.42. The average Bonchev–Trinajstić information content (AvgIpc) is 2.97. The molecule has 0 bridgehead atoms. The van der Waals surface area contributed by atoms with Crippen LogP contribution in [0.25, 0.3) is 0 Å². The summed E-state index contributed by atoms with van der Waals surface area (Å²) < 4.78 is 27.6. The van der Waals surface area contributed by atoms with Crippen LogP contribution in [-0.2, 0) is 10.0 Å². The SMILES string of the molecule is CCCC(C)c1cc(NS(=O)(=O)c2cc(C)c(C)cc2[N+](=O)[O-])n[nH]1. The van der Waals surface area contributed by atoms with Crippen LogP contribution in [0.15, 0.2) is 23.1 Å². The van der Waals surface area contributed by atoms with E-state index in [0.717, 1.165) is 18.5 Å². The van der Waals surface area contributed by atoms with E-state index in [1.807, 2.05) is 6.92 Å². The molecule has 8 nitrogen and oxygen atoms in total. The first kappa shape index (κ1) is 18.9. The smallest absolute Gasteiger partial charge is 0.280 e. The fourth-order valence-electron chi connectivity index (χ4n) is 2.55. The quantitative estimate of drug-likeness (QED) is 0.573. The van der Waals surface area contributed by atoms with Crippen molar-refractivity contribution in [2.75, 3.05) is 4.72 Å². The van der Waals surface area contributed by atoms with Crippen molar-refractivity contribution in [1.82, 2.24) is 10.2 Å². The van der Waals surface area contributed by atoms with Crippen LogP contribution in [0.2, 0.25) is 0 Å². The number of aryl methyl sites for hydroxylation is 2. The molecule has 0 amide bonds. The Labute approximate surface area is 146 Å². The third-order valence-electron chi connectivity index (χ3n) is 4.15. The zero-order valence-corrected chi connectivity index (χ0v) is 15.5. The van der Waals surface area contributed by atoms with E-state index in [-0.39, 0.29) is 16.6 Å². The van der Waals surface area contributed by atoms with Gasteiger partial charge in [0.1, 0.15) is 0 Å².